The molecule has 4 nitrogen and oxygen atoms in total. The van der Waals surface area contributed by atoms with Crippen molar-refractivity contribution in [2.45, 2.75) is 25.2 Å². The van der Waals surface area contributed by atoms with Crippen molar-refractivity contribution in [1.29, 1.82) is 0 Å². The number of aromatic carboxylic acids is 1. The maximum atomic E-state index is 13.7. The van der Waals surface area contributed by atoms with Crippen LogP contribution in [-0.2, 0) is 0 Å². The van der Waals surface area contributed by atoms with E-state index in [2.05, 4.69) is 20.9 Å². The van der Waals surface area contributed by atoms with E-state index in [1.807, 2.05) is 30.3 Å². The largest absolute Gasteiger partial charge is 1.00 e. The third kappa shape index (κ3) is 7.30. The van der Waals surface area contributed by atoms with Gasteiger partial charge in [-0.2, -0.15) is 0 Å². The molecule has 3 aromatic rings. The summed E-state index contributed by atoms with van der Waals surface area (Å²) in [5.74, 6) is -2.20. The molecule has 158 valence electrons. The number of hydrogen-bond donors (Lipinski definition) is 2. The molecule has 31 heavy (non-hydrogen) atoms. The standard InChI is InChI=1S/C20H14ClFNO3S.C3H8.K/c1-23(13-5-3-2-4-6-13)18-11-16(21)14(10-19(18)27-26)12-7-8-17(22)15(9-12)20(24)25;1-3-2;/h2-11,26H,1H2,(H,24,25);3H2,1-2H3;/q-1;;+1. The Hall–Kier alpha value is -0.904. The van der Waals surface area contributed by atoms with E-state index in [0.29, 0.717) is 38.8 Å². The van der Waals surface area contributed by atoms with Crippen LogP contribution in [-0.4, -0.2) is 15.6 Å². The van der Waals surface area contributed by atoms with Gasteiger partial charge in [0.25, 0.3) is 0 Å². The van der Waals surface area contributed by atoms with E-state index in [4.69, 9.17) is 16.7 Å². The third-order valence-electron chi connectivity index (χ3n) is 4.01. The molecule has 0 aromatic heterocycles. The Balaban J connectivity index is 0.00000113. The molecular weight excluding hydrogens is 464 g/mol. The van der Waals surface area contributed by atoms with Crippen LogP contribution in [0.2, 0.25) is 5.02 Å². The first-order chi connectivity index (χ1) is 14.3. The first-order valence-corrected chi connectivity index (χ1v) is 10.3. The minimum absolute atomic E-state index is 0. The predicted octanol–water partition coefficient (Wildman–Crippen LogP) is 4.76. The van der Waals surface area contributed by atoms with Crippen LogP contribution in [0.15, 0.2) is 65.6 Å². The zero-order chi connectivity index (χ0) is 22.3. The van der Waals surface area contributed by atoms with E-state index in [9.17, 15) is 13.7 Å². The van der Waals surface area contributed by atoms with Crippen molar-refractivity contribution in [2.75, 3.05) is 4.90 Å². The summed E-state index contributed by atoms with van der Waals surface area (Å²) in [6.45, 7) is 4.25. The second kappa shape index (κ2) is 13.6. The molecule has 0 fully saturated rings. The molecule has 0 saturated heterocycles. The summed E-state index contributed by atoms with van der Waals surface area (Å²) in [4.78, 5) is 13.3. The molecule has 8 heteroatoms. The maximum Gasteiger partial charge on any atom is 1.00 e. The zero-order valence-corrected chi connectivity index (χ0v) is 22.3. The van der Waals surface area contributed by atoms with Crippen LogP contribution in [0.25, 0.3) is 11.1 Å². The number of rotatable bonds is 5. The van der Waals surface area contributed by atoms with Crippen molar-refractivity contribution >= 4 is 41.0 Å². The predicted molar refractivity (Wildman–Crippen MR) is 122 cm³/mol. The van der Waals surface area contributed by atoms with Crippen molar-refractivity contribution in [3.05, 3.63) is 84.1 Å². The molecule has 0 radical (unpaired) electrons. The zero-order valence-electron chi connectivity index (χ0n) is 17.6. The minimum Gasteiger partial charge on any atom is -0.496 e. The van der Waals surface area contributed by atoms with Crippen LogP contribution in [0.4, 0.5) is 15.8 Å². The molecule has 0 aliphatic carbocycles. The summed E-state index contributed by atoms with van der Waals surface area (Å²) in [7, 11) is 4.00. The van der Waals surface area contributed by atoms with Gasteiger partial charge in [0.15, 0.2) is 0 Å². The van der Waals surface area contributed by atoms with E-state index in [-0.39, 0.29) is 51.4 Å². The van der Waals surface area contributed by atoms with Gasteiger partial charge in [-0.05, 0) is 42.0 Å². The van der Waals surface area contributed by atoms with Crippen LogP contribution in [0.1, 0.15) is 30.6 Å². The van der Waals surface area contributed by atoms with Crippen molar-refractivity contribution in [3.8, 4) is 11.1 Å². The Labute approximate surface area is 234 Å². The summed E-state index contributed by atoms with van der Waals surface area (Å²) in [5, 5.41) is 9.43. The first-order valence-electron chi connectivity index (χ1n) is 9.17. The Kier molecular flexibility index (Phi) is 12.3. The number of hydrogen-bond acceptors (Lipinski definition) is 4. The number of benzene rings is 3. The fourth-order valence-electron chi connectivity index (χ4n) is 2.65. The smallest absolute Gasteiger partial charge is 0.496 e. The van der Waals surface area contributed by atoms with E-state index < -0.39 is 17.3 Å². The Morgan fingerprint density at radius 3 is 2.29 bits per heavy atom. The van der Waals surface area contributed by atoms with Crippen molar-refractivity contribution < 1.29 is 70.2 Å². The van der Waals surface area contributed by atoms with E-state index in [1.54, 1.807) is 17.0 Å². The molecule has 0 heterocycles. The van der Waals surface area contributed by atoms with E-state index in [1.165, 1.54) is 18.6 Å². The molecule has 2 N–H and O–H groups in total. The molecule has 3 rings (SSSR count). The summed E-state index contributed by atoms with van der Waals surface area (Å²) in [5.41, 5.74) is 1.82. The van der Waals surface area contributed by atoms with Gasteiger partial charge < -0.3 is 14.6 Å². The Morgan fingerprint density at radius 1 is 1.13 bits per heavy atom. The molecular formula is C23H22ClFKNO3S. The van der Waals surface area contributed by atoms with E-state index in [0.717, 1.165) is 11.8 Å². The number of anilines is 2. The summed E-state index contributed by atoms with van der Waals surface area (Å²) < 4.78 is 23.4. The van der Waals surface area contributed by atoms with Crippen LogP contribution in [0, 0.1) is 12.9 Å². The van der Waals surface area contributed by atoms with Crippen LogP contribution in [0.5, 0.6) is 0 Å². The average molecular weight is 486 g/mol. The number of halogens is 2. The average Bonchev–Trinajstić information content (AvgIpc) is 2.74. The quantitative estimate of drug-likeness (QED) is 0.310. The minimum atomic E-state index is -1.37. The third-order valence-corrected chi connectivity index (χ3v) is 4.85. The molecule has 0 atom stereocenters. The normalized spacial score (nSPS) is 9.87. The summed E-state index contributed by atoms with van der Waals surface area (Å²) in [6.07, 6.45) is 1.25. The van der Waals surface area contributed by atoms with Crippen molar-refractivity contribution in [1.82, 2.24) is 0 Å². The van der Waals surface area contributed by atoms with Crippen molar-refractivity contribution in [2.24, 2.45) is 0 Å². The van der Waals surface area contributed by atoms with E-state index >= 15 is 0 Å². The number of carboxylic acid groups (broad SMARTS) is 1. The van der Waals surface area contributed by atoms with Gasteiger partial charge in [0.05, 0.1) is 15.5 Å². The molecule has 3 aromatic carbocycles. The number of carbonyl (C=O) groups is 1. The molecule has 0 saturated carbocycles. The summed E-state index contributed by atoms with van der Waals surface area (Å²) >= 11 is 6.93. The molecule has 0 amide bonds. The second-order valence-corrected chi connectivity index (χ2v) is 7.39. The molecule has 0 bridgehead atoms. The Morgan fingerprint density at radius 2 is 1.74 bits per heavy atom. The van der Waals surface area contributed by atoms with Gasteiger partial charge in [-0.15, -0.1) is 0 Å². The number of nitrogens with zero attached hydrogens (tertiary/aromatic N) is 1. The van der Waals surface area contributed by atoms with Gasteiger partial charge >= 0.3 is 57.4 Å². The topological polar surface area (TPSA) is 60.8 Å². The van der Waals surface area contributed by atoms with Gasteiger partial charge in [-0.3, -0.25) is 7.05 Å². The van der Waals surface area contributed by atoms with Gasteiger partial charge in [-0.1, -0.05) is 56.1 Å². The van der Waals surface area contributed by atoms with Crippen LogP contribution >= 0.6 is 23.6 Å². The SMILES string of the molecule is CCC.[CH2-]N(c1ccccc1)c1cc(Cl)c(-c2ccc(F)c(C(=O)O)c2)cc1SO.[K+]. The Bertz CT molecular complexity index is 1020. The van der Waals surface area contributed by atoms with Gasteiger partial charge in [0.1, 0.15) is 5.82 Å². The molecule has 0 aliphatic heterocycles. The monoisotopic (exact) mass is 485 g/mol. The maximum absolute atomic E-state index is 13.7. The first kappa shape index (κ1) is 28.1. The van der Waals surface area contributed by atoms with Crippen LogP contribution < -0.4 is 56.3 Å². The van der Waals surface area contributed by atoms with Gasteiger partial charge in [-0.25, -0.2) is 9.18 Å². The van der Waals surface area contributed by atoms with Gasteiger partial charge in [0.2, 0.25) is 0 Å². The summed E-state index contributed by atoms with van der Waals surface area (Å²) in [6, 6.07) is 16.3. The van der Waals surface area contributed by atoms with Gasteiger partial charge in [0, 0.05) is 29.0 Å². The fraction of sp³-hybridized carbons (Fsp3) is 0.130. The van der Waals surface area contributed by atoms with Crippen LogP contribution in [0.3, 0.4) is 0 Å². The molecule has 0 aliphatic rings. The fourth-order valence-corrected chi connectivity index (χ4v) is 3.35. The molecule has 0 unspecified atom stereocenters. The number of carboxylic acids is 1. The second-order valence-electron chi connectivity index (χ2n) is 6.36. The van der Waals surface area contributed by atoms with Crippen molar-refractivity contribution in [3.63, 3.8) is 0 Å². The number of para-hydroxylation sites is 1. The molecule has 0 spiro atoms.